The van der Waals surface area contributed by atoms with Crippen LogP contribution in [0, 0.1) is 11.7 Å². The van der Waals surface area contributed by atoms with Gasteiger partial charge in [-0.15, -0.1) is 0 Å². The number of halogens is 1. The van der Waals surface area contributed by atoms with Crippen LogP contribution in [0.1, 0.15) is 28.5 Å². The van der Waals surface area contributed by atoms with E-state index in [1.54, 1.807) is 12.3 Å². The maximum absolute atomic E-state index is 13.8. The van der Waals surface area contributed by atoms with Gasteiger partial charge in [-0.3, -0.25) is 9.78 Å². The van der Waals surface area contributed by atoms with Gasteiger partial charge in [-0.2, -0.15) is 0 Å². The Morgan fingerprint density at radius 1 is 1.19 bits per heavy atom. The Morgan fingerprint density at radius 2 is 2.03 bits per heavy atom. The van der Waals surface area contributed by atoms with Crippen molar-refractivity contribution in [2.24, 2.45) is 5.92 Å². The molecule has 0 bridgehead atoms. The molecule has 1 N–H and O–H groups in total. The van der Waals surface area contributed by atoms with Crippen LogP contribution in [0.5, 0.6) is 0 Å². The molecule has 3 atom stereocenters. The summed E-state index contributed by atoms with van der Waals surface area (Å²) in [5, 5.41) is 10.1. The Bertz CT molecular complexity index is 1120. The summed E-state index contributed by atoms with van der Waals surface area (Å²) in [6.07, 6.45) is 5.33. The van der Waals surface area contributed by atoms with Gasteiger partial charge in [0.25, 0.3) is 5.91 Å². The van der Waals surface area contributed by atoms with Crippen molar-refractivity contribution in [3.8, 4) is 11.1 Å². The van der Waals surface area contributed by atoms with E-state index >= 15 is 0 Å². The second-order valence-electron chi connectivity index (χ2n) is 8.13. The summed E-state index contributed by atoms with van der Waals surface area (Å²) in [5.74, 6) is -0.360. The number of fused-ring (bicyclic) bond motifs is 3. The quantitative estimate of drug-likeness (QED) is 0.707. The maximum atomic E-state index is 13.8. The van der Waals surface area contributed by atoms with Crippen LogP contribution in [0.3, 0.4) is 0 Å². The first-order chi connectivity index (χ1) is 15.1. The Kier molecular flexibility index (Phi) is 4.90. The number of benzene rings is 2. The first-order valence-electron chi connectivity index (χ1n) is 10.4. The average molecular weight is 418 g/mol. The van der Waals surface area contributed by atoms with Crippen molar-refractivity contribution in [1.29, 1.82) is 0 Å². The summed E-state index contributed by atoms with van der Waals surface area (Å²) < 4.78 is 13.8. The van der Waals surface area contributed by atoms with Crippen LogP contribution in [0.2, 0.25) is 0 Å². The lowest BCUT2D eigenvalue weighted by atomic mass is 9.81. The molecular weight excluding hydrogens is 395 g/mol. The highest BCUT2D eigenvalue weighted by Gasteiger charge is 2.48. The maximum Gasteiger partial charge on any atom is 0.274 e. The summed E-state index contributed by atoms with van der Waals surface area (Å²) in [5.41, 5.74) is 3.97. The van der Waals surface area contributed by atoms with Gasteiger partial charge in [-0.1, -0.05) is 18.2 Å². The summed E-state index contributed by atoms with van der Waals surface area (Å²) >= 11 is 0. The van der Waals surface area contributed by atoms with E-state index < -0.39 is 0 Å². The molecule has 1 aromatic heterocycles. The van der Waals surface area contributed by atoms with Crippen molar-refractivity contribution in [3.05, 3.63) is 78.1 Å². The number of aliphatic hydroxyl groups is 1. The lowest BCUT2D eigenvalue weighted by Crippen LogP contribution is -2.48. The molecule has 3 aromatic rings. The van der Waals surface area contributed by atoms with E-state index in [1.807, 2.05) is 36.2 Å². The van der Waals surface area contributed by atoms with Gasteiger partial charge in [0.1, 0.15) is 11.5 Å². The topological polar surface area (TPSA) is 69.6 Å². The van der Waals surface area contributed by atoms with E-state index in [1.165, 1.54) is 24.5 Å². The van der Waals surface area contributed by atoms with E-state index in [2.05, 4.69) is 14.9 Å². The Balaban J connectivity index is 1.61. The molecular formula is C24H23FN4O2. The molecule has 3 heterocycles. The van der Waals surface area contributed by atoms with E-state index in [-0.39, 0.29) is 36.3 Å². The number of hydrogen-bond donors (Lipinski definition) is 1. The zero-order valence-electron chi connectivity index (χ0n) is 17.1. The molecule has 1 saturated heterocycles. The van der Waals surface area contributed by atoms with Crippen LogP contribution in [0.25, 0.3) is 11.1 Å². The summed E-state index contributed by atoms with van der Waals surface area (Å²) in [6, 6.07) is 12.2. The zero-order valence-corrected chi connectivity index (χ0v) is 17.1. The molecule has 31 heavy (non-hydrogen) atoms. The number of aromatic nitrogens is 2. The molecule has 2 aromatic carbocycles. The molecule has 1 fully saturated rings. The van der Waals surface area contributed by atoms with Gasteiger partial charge < -0.3 is 14.9 Å². The number of carbonyl (C=O) groups excluding carboxylic acids is 1. The fourth-order valence-electron chi connectivity index (χ4n) is 5.09. The molecule has 1 amide bonds. The molecule has 0 radical (unpaired) electrons. The van der Waals surface area contributed by atoms with Crippen LogP contribution < -0.4 is 4.90 Å². The molecule has 158 valence electrons. The fourth-order valence-corrected chi connectivity index (χ4v) is 5.09. The predicted molar refractivity (Wildman–Crippen MR) is 115 cm³/mol. The first-order valence-corrected chi connectivity index (χ1v) is 10.4. The fraction of sp³-hybridized carbons (Fsp3) is 0.292. The van der Waals surface area contributed by atoms with Crippen molar-refractivity contribution in [1.82, 2.24) is 14.9 Å². The van der Waals surface area contributed by atoms with E-state index in [0.29, 0.717) is 12.2 Å². The summed E-state index contributed by atoms with van der Waals surface area (Å²) in [6.45, 7) is 0.592. The summed E-state index contributed by atoms with van der Waals surface area (Å²) in [4.78, 5) is 25.5. The van der Waals surface area contributed by atoms with Crippen LogP contribution in [-0.4, -0.2) is 52.1 Å². The van der Waals surface area contributed by atoms with Crippen molar-refractivity contribution in [2.45, 2.75) is 18.5 Å². The van der Waals surface area contributed by atoms with E-state index in [9.17, 15) is 14.3 Å². The van der Waals surface area contributed by atoms with E-state index in [4.69, 9.17) is 0 Å². The monoisotopic (exact) mass is 418 g/mol. The summed E-state index contributed by atoms with van der Waals surface area (Å²) in [7, 11) is 1.98. The molecule has 2 aliphatic heterocycles. The third kappa shape index (κ3) is 3.25. The molecule has 0 saturated carbocycles. The third-order valence-electron chi connectivity index (χ3n) is 6.55. The van der Waals surface area contributed by atoms with Gasteiger partial charge in [-0.05, 0) is 47.4 Å². The average Bonchev–Trinajstić information content (AvgIpc) is 3.24. The van der Waals surface area contributed by atoms with E-state index in [0.717, 1.165) is 28.8 Å². The highest BCUT2D eigenvalue weighted by atomic mass is 19.1. The second-order valence-corrected chi connectivity index (χ2v) is 8.13. The van der Waals surface area contributed by atoms with Crippen molar-refractivity contribution in [3.63, 3.8) is 0 Å². The van der Waals surface area contributed by atoms with Crippen molar-refractivity contribution < 1.29 is 14.3 Å². The Labute approximate surface area is 180 Å². The third-order valence-corrected chi connectivity index (χ3v) is 6.55. The van der Waals surface area contributed by atoms with Crippen molar-refractivity contribution >= 4 is 11.6 Å². The molecule has 5 rings (SSSR count). The number of carbonyl (C=O) groups is 1. The van der Waals surface area contributed by atoms with Gasteiger partial charge in [0, 0.05) is 37.6 Å². The first kappa shape index (κ1) is 19.6. The molecule has 0 spiro atoms. The minimum atomic E-state index is -0.286. The molecule has 2 aliphatic rings. The lowest BCUT2D eigenvalue weighted by molar-refractivity contribution is 0.0687. The normalized spacial score (nSPS) is 22.2. The number of rotatable bonds is 3. The number of anilines is 1. The Hall–Kier alpha value is -3.32. The number of amides is 1. The Morgan fingerprint density at radius 3 is 2.77 bits per heavy atom. The number of hydrogen-bond acceptors (Lipinski definition) is 5. The number of nitrogens with zero attached hydrogens (tertiary/aromatic N) is 4. The second kappa shape index (κ2) is 7.74. The molecule has 7 heteroatoms. The number of aliphatic hydroxyl groups excluding tert-OH is 1. The standard InChI is InChI=1S/C24H23FN4O2/c1-28-21-6-5-16(15-3-2-4-17(25)11-15)12-19(21)23-18(22(28)14-30)7-10-29(23)24(31)20-13-26-8-9-27-20/h2-6,8-9,11-13,18,22-23,30H,7,10,14H2,1H3/t18-,22-,23-/m0/s1. The van der Waals surface area contributed by atoms with Gasteiger partial charge in [0.05, 0.1) is 24.9 Å². The SMILES string of the molecule is CN1c2ccc(-c3cccc(F)c3)cc2[C@@H]2[C@@H](CCN2C(=O)c2cnccn2)[C@@H]1CO. The molecule has 0 aliphatic carbocycles. The smallest absolute Gasteiger partial charge is 0.274 e. The minimum Gasteiger partial charge on any atom is -0.394 e. The van der Waals surface area contributed by atoms with Gasteiger partial charge in [0.15, 0.2) is 0 Å². The lowest BCUT2D eigenvalue weighted by Gasteiger charge is -2.44. The van der Waals surface area contributed by atoms with Gasteiger partial charge >= 0.3 is 0 Å². The van der Waals surface area contributed by atoms with Crippen LogP contribution in [0.4, 0.5) is 10.1 Å². The highest BCUT2D eigenvalue weighted by Crippen LogP contribution is 2.49. The molecule has 0 unspecified atom stereocenters. The van der Waals surface area contributed by atoms with Crippen LogP contribution in [-0.2, 0) is 0 Å². The van der Waals surface area contributed by atoms with Crippen molar-refractivity contribution in [2.75, 3.05) is 25.1 Å². The number of likely N-dealkylation sites (tertiary alicyclic amines) is 1. The van der Waals surface area contributed by atoms with Crippen LogP contribution >= 0.6 is 0 Å². The highest BCUT2D eigenvalue weighted by molar-refractivity contribution is 5.93. The van der Waals surface area contributed by atoms with Crippen LogP contribution in [0.15, 0.2) is 61.1 Å². The van der Waals surface area contributed by atoms with Gasteiger partial charge in [-0.25, -0.2) is 9.37 Å². The zero-order chi connectivity index (χ0) is 21.5. The predicted octanol–water partition coefficient (Wildman–Crippen LogP) is 3.30. The van der Waals surface area contributed by atoms with Gasteiger partial charge in [0.2, 0.25) is 0 Å². The minimum absolute atomic E-state index is 0.00985. The molecule has 6 nitrogen and oxygen atoms in total. The number of likely N-dealkylation sites (N-methyl/N-ethyl adjacent to an activating group) is 1. The largest absolute Gasteiger partial charge is 0.394 e.